The summed E-state index contributed by atoms with van der Waals surface area (Å²) in [7, 11) is 2.07. The molecule has 1 N–H and O–H groups in total. The number of carbonyl (C=O) groups excluding carboxylic acids is 1. The van der Waals surface area contributed by atoms with Crippen molar-refractivity contribution in [3.8, 4) is 0 Å². The SMILES string of the molecule is CN(Cc1ccncc1)CC1CC2(CCNCC2)C(=O)O1.Cl.Cl. The number of halogens is 2. The van der Waals surface area contributed by atoms with Gasteiger partial charge in [-0.05, 0) is 50.7 Å². The zero-order valence-electron chi connectivity index (χ0n) is 13.4. The summed E-state index contributed by atoms with van der Waals surface area (Å²) in [5, 5.41) is 3.32. The smallest absolute Gasteiger partial charge is 0.312 e. The van der Waals surface area contributed by atoms with Crippen LogP contribution >= 0.6 is 24.8 Å². The van der Waals surface area contributed by atoms with Crippen molar-refractivity contribution in [2.24, 2.45) is 5.41 Å². The molecule has 3 rings (SSSR count). The van der Waals surface area contributed by atoms with Gasteiger partial charge in [-0.15, -0.1) is 24.8 Å². The Morgan fingerprint density at radius 1 is 1.30 bits per heavy atom. The molecule has 1 unspecified atom stereocenters. The summed E-state index contributed by atoms with van der Waals surface area (Å²) in [6, 6.07) is 4.04. The minimum Gasteiger partial charge on any atom is -0.461 e. The molecular formula is C16H25Cl2N3O2. The van der Waals surface area contributed by atoms with Crippen molar-refractivity contribution >= 4 is 30.8 Å². The number of hydrogen-bond donors (Lipinski definition) is 1. The van der Waals surface area contributed by atoms with Gasteiger partial charge in [-0.2, -0.15) is 0 Å². The number of esters is 1. The summed E-state index contributed by atoms with van der Waals surface area (Å²) < 4.78 is 5.64. The first-order valence-electron chi connectivity index (χ1n) is 7.67. The van der Waals surface area contributed by atoms with Crippen LogP contribution in [0, 0.1) is 5.41 Å². The lowest BCUT2D eigenvalue weighted by atomic mass is 9.76. The second-order valence-corrected chi connectivity index (χ2v) is 6.31. The number of hydrogen-bond acceptors (Lipinski definition) is 5. The highest BCUT2D eigenvalue weighted by molar-refractivity contribution is 5.85. The molecule has 2 aliphatic rings. The number of likely N-dealkylation sites (N-methyl/N-ethyl adjacent to an activating group) is 1. The van der Waals surface area contributed by atoms with Crippen LogP contribution < -0.4 is 5.32 Å². The van der Waals surface area contributed by atoms with Crippen LogP contribution in [0.1, 0.15) is 24.8 Å². The first-order chi connectivity index (χ1) is 10.2. The van der Waals surface area contributed by atoms with Crippen molar-refractivity contribution in [3.05, 3.63) is 30.1 Å². The topological polar surface area (TPSA) is 54.5 Å². The van der Waals surface area contributed by atoms with Gasteiger partial charge in [0.1, 0.15) is 6.10 Å². The van der Waals surface area contributed by atoms with Crippen molar-refractivity contribution in [1.29, 1.82) is 0 Å². The van der Waals surface area contributed by atoms with Crippen LogP contribution in [0.25, 0.3) is 0 Å². The normalized spacial score (nSPS) is 22.3. The fourth-order valence-electron chi connectivity index (χ4n) is 3.46. The van der Waals surface area contributed by atoms with Gasteiger partial charge in [-0.3, -0.25) is 14.7 Å². The van der Waals surface area contributed by atoms with Gasteiger partial charge in [-0.25, -0.2) is 0 Å². The van der Waals surface area contributed by atoms with Crippen LogP contribution in [0.2, 0.25) is 0 Å². The Balaban J connectivity index is 0.00000132. The fraction of sp³-hybridized carbons (Fsp3) is 0.625. The number of piperidine rings is 1. The summed E-state index contributed by atoms with van der Waals surface area (Å²) in [5.41, 5.74) is 1.02. The van der Waals surface area contributed by atoms with Gasteiger partial charge in [0, 0.05) is 31.9 Å². The quantitative estimate of drug-likeness (QED) is 0.831. The Labute approximate surface area is 150 Å². The van der Waals surface area contributed by atoms with E-state index < -0.39 is 0 Å². The third-order valence-electron chi connectivity index (χ3n) is 4.60. The molecule has 2 fully saturated rings. The Morgan fingerprint density at radius 2 is 1.96 bits per heavy atom. The third-order valence-corrected chi connectivity index (χ3v) is 4.60. The Kier molecular flexibility index (Phi) is 7.74. The highest BCUT2D eigenvalue weighted by Crippen LogP contribution is 2.41. The maximum absolute atomic E-state index is 12.2. The van der Waals surface area contributed by atoms with Gasteiger partial charge < -0.3 is 10.1 Å². The van der Waals surface area contributed by atoms with E-state index in [2.05, 4.69) is 22.2 Å². The molecule has 0 aliphatic carbocycles. The molecule has 3 heterocycles. The molecule has 23 heavy (non-hydrogen) atoms. The van der Waals surface area contributed by atoms with Gasteiger partial charge in [0.2, 0.25) is 0 Å². The van der Waals surface area contributed by atoms with Gasteiger partial charge in [0.25, 0.3) is 0 Å². The molecule has 2 aliphatic heterocycles. The van der Waals surface area contributed by atoms with Gasteiger partial charge in [0.15, 0.2) is 0 Å². The highest BCUT2D eigenvalue weighted by Gasteiger charge is 2.49. The van der Waals surface area contributed by atoms with Crippen molar-refractivity contribution < 1.29 is 9.53 Å². The number of ether oxygens (including phenoxy) is 1. The van der Waals surface area contributed by atoms with Gasteiger partial charge in [-0.1, -0.05) is 0 Å². The lowest BCUT2D eigenvalue weighted by Gasteiger charge is -2.29. The lowest BCUT2D eigenvalue weighted by Crippen LogP contribution is -2.39. The maximum Gasteiger partial charge on any atom is 0.312 e. The molecule has 0 saturated carbocycles. The molecule has 5 nitrogen and oxygen atoms in total. The molecule has 2 saturated heterocycles. The molecule has 1 aromatic rings. The first-order valence-corrected chi connectivity index (χ1v) is 7.67. The molecule has 0 bridgehead atoms. The molecule has 130 valence electrons. The van der Waals surface area contributed by atoms with Crippen molar-refractivity contribution in [2.45, 2.75) is 31.9 Å². The standard InChI is InChI=1S/C16H23N3O2.2ClH/c1-19(11-13-2-6-17-7-3-13)12-14-10-16(15(20)21-14)4-8-18-9-5-16;;/h2-3,6-7,14,18H,4-5,8-12H2,1H3;2*1H. The van der Waals surface area contributed by atoms with E-state index in [1.54, 1.807) is 0 Å². The summed E-state index contributed by atoms with van der Waals surface area (Å²) >= 11 is 0. The molecular weight excluding hydrogens is 337 g/mol. The van der Waals surface area contributed by atoms with E-state index in [-0.39, 0.29) is 42.3 Å². The van der Waals surface area contributed by atoms with E-state index in [1.807, 2.05) is 24.5 Å². The van der Waals surface area contributed by atoms with E-state index in [0.717, 1.165) is 45.4 Å². The minimum atomic E-state index is -0.215. The van der Waals surface area contributed by atoms with Crippen LogP contribution in [0.3, 0.4) is 0 Å². The maximum atomic E-state index is 12.2. The molecule has 0 aromatic carbocycles. The highest BCUT2D eigenvalue weighted by atomic mass is 35.5. The second kappa shape index (κ2) is 8.83. The Morgan fingerprint density at radius 3 is 2.61 bits per heavy atom. The summed E-state index contributed by atoms with van der Waals surface area (Å²) in [4.78, 5) is 18.5. The molecule has 1 aromatic heterocycles. The van der Waals surface area contributed by atoms with Crippen molar-refractivity contribution in [1.82, 2.24) is 15.2 Å². The molecule has 7 heteroatoms. The Hall–Kier alpha value is -0.880. The average Bonchev–Trinajstić information content (AvgIpc) is 2.76. The van der Waals surface area contributed by atoms with E-state index in [4.69, 9.17) is 4.74 Å². The fourth-order valence-corrected chi connectivity index (χ4v) is 3.46. The number of cyclic esters (lactones) is 1. The number of nitrogens with zero attached hydrogens (tertiary/aromatic N) is 2. The van der Waals surface area contributed by atoms with Crippen LogP contribution in [0.15, 0.2) is 24.5 Å². The van der Waals surface area contributed by atoms with Crippen LogP contribution in [-0.2, 0) is 16.1 Å². The predicted octanol–water partition coefficient (Wildman–Crippen LogP) is 2.04. The van der Waals surface area contributed by atoms with E-state index >= 15 is 0 Å². The summed E-state index contributed by atoms with van der Waals surface area (Å²) in [6.07, 6.45) is 6.34. The molecule has 1 spiro atoms. The number of carbonyl (C=O) groups is 1. The van der Waals surface area contributed by atoms with Crippen LogP contribution in [-0.4, -0.2) is 48.6 Å². The summed E-state index contributed by atoms with van der Waals surface area (Å²) in [5.74, 6) is 0.0197. The van der Waals surface area contributed by atoms with Crippen LogP contribution in [0.4, 0.5) is 0 Å². The van der Waals surface area contributed by atoms with Crippen molar-refractivity contribution in [3.63, 3.8) is 0 Å². The number of pyridine rings is 1. The van der Waals surface area contributed by atoms with E-state index in [9.17, 15) is 4.79 Å². The van der Waals surface area contributed by atoms with Gasteiger partial charge in [0.05, 0.1) is 5.41 Å². The molecule has 1 atom stereocenters. The van der Waals surface area contributed by atoms with Crippen molar-refractivity contribution in [2.75, 3.05) is 26.7 Å². The predicted molar refractivity (Wildman–Crippen MR) is 94.1 cm³/mol. The van der Waals surface area contributed by atoms with E-state index in [1.165, 1.54) is 5.56 Å². The lowest BCUT2D eigenvalue weighted by molar-refractivity contribution is -0.150. The molecule has 0 amide bonds. The summed E-state index contributed by atoms with van der Waals surface area (Å²) in [6.45, 7) is 3.50. The Bertz CT molecular complexity index is 495. The average molecular weight is 362 g/mol. The zero-order chi connectivity index (χ0) is 14.7. The number of aromatic nitrogens is 1. The number of nitrogens with one attached hydrogen (secondary N) is 1. The second-order valence-electron chi connectivity index (χ2n) is 6.31. The monoisotopic (exact) mass is 361 g/mol. The largest absolute Gasteiger partial charge is 0.461 e. The first kappa shape index (κ1) is 20.2. The van der Waals surface area contributed by atoms with E-state index in [0.29, 0.717) is 0 Å². The third kappa shape index (κ3) is 4.80. The van der Waals surface area contributed by atoms with Crippen LogP contribution in [0.5, 0.6) is 0 Å². The van der Waals surface area contributed by atoms with Gasteiger partial charge >= 0.3 is 5.97 Å². The minimum absolute atomic E-state index is 0. The number of rotatable bonds is 4. The molecule has 0 radical (unpaired) electrons. The zero-order valence-corrected chi connectivity index (χ0v) is 15.0.